The van der Waals surface area contributed by atoms with Crippen LogP contribution in [0.15, 0.2) is 30.3 Å². The number of benzene rings is 1. The lowest BCUT2D eigenvalue weighted by Gasteiger charge is -2.10. The first kappa shape index (κ1) is 17.7. The van der Waals surface area contributed by atoms with Crippen molar-refractivity contribution in [2.75, 3.05) is 19.0 Å². The highest BCUT2D eigenvalue weighted by Crippen LogP contribution is 2.11. The van der Waals surface area contributed by atoms with Crippen molar-refractivity contribution in [1.82, 2.24) is 15.3 Å². The molecule has 6 heteroatoms. The van der Waals surface area contributed by atoms with Crippen LogP contribution in [0.4, 0.5) is 5.95 Å². The maximum Gasteiger partial charge on any atom is 0.270 e. The van der Waals surface area contributed by atoms with Crippen molar-refractivity contribution in [1.29, 1.82) is 0 Å². The van der Waals surface area contributed by atoms with Crippen molar-refractivity contribution in [3.05, 3.63) is 47.3 Å². The summed E-state index contributed by atoms with van der Waals surface area (Å²) >= 11 is 0. The van der Waals surface area contributed by atoms with E-state index >= 15 is 0 Å². The van der Waals surface area contributed by atoms with Gasteiger partial charge in [0.15, 0.2) is 0 Å². The number of carbonyl (C=O) groups is 1. The van der Waals surface area contributed by atoms with Gasteiger partial charge in [0.05, 0.1) is 7.11 Å². The van der Waals surface area contributed by atoms with E-state index in [0.717, 1.165) is 23.6 Å². The number of anilines is 1. The Morgan fingerprint density at radius 1 is 1.21 bits per heavy atom. The number of nitrogens with one attached hydrogen (secondary N) is 2. The summed E-state index contributed by atoms with van der Waals surface area (Å²) in [5.41, 5.74) is 2.11. The standard InChI is InChI=1S/C18H24N4O2/c1-12(2)10-20-18-21-13(3)9-16(22-18)17(23)19-11-14-5-7-15(24-4)8-6-14/h5-9,12H,10-11H2,1-4H3,(H,19,23)(H,20,21,22). The molecule has 0 unspecified atom stereocenters. The second kappa shape index (κ2) is 8.29. The summed E-state index contributed by atoms with van der Waals surface area (Å²) in [7, 11) is 1.62. The van der Waals surface area contributed by atoms with Gasteiger partial charge in [-0.15, -0.1) is 0 Å². The number of hydrogen-bond acceptors (Lipinski definition) is 5. The molecule has 0 spiro atoms. The van der Waals surface area contributed by atoms with E-state index in [1.165, 1.54) is 0 Å². The van der Waals surface area contributed by atoms with Crippen LogP contribution in [0, 0.1) is 12.8 Å². The largest absolute Gasteiger partial charge is 0.497 e. The molecule has 2 N–H and O–H groups in total. The SMILES string of the molecule is COc1ccc(CNC(=O)c2cc(C)nc(NCC(C)C)n2)cc1. The molecule has 0 bridgehead atoms. The quantitative estimate of drug-likeness (QED) is 0.817. The van der Waals surface area contributed by atoms with Crippen LogP contribution in [0.5, 0.6) is 5.75 Å². The van der Waals surface area contributed by atoms with Crippen molar-refractivity contribution in [2.24, 2.45) is 5.92 Å². The molecule has 1 aromatic carbocycles. The van der Waals surface area contributed by atoms with Crippen LogP contribution >= 0.6 is 0 Å². The van der Waals surface area contributed by atoms with Crippen molar-refractivity contribution < 1.29 is 9.53 Å². The minimum atomic E-state index is -0.219. The fraction of sp³-hybridized carbons (Fsp3) is 0.389. The molecule has 1 aromatic heterocycles. The first-order valence-corrected chi connectivity index (χ1v) is 7.98. The van der Waals surface area contributed by atoms with E-state index in [-0.39, 0.29) is 5.91 Å². The number of rotatable bonds is 7. The molecule has 2 rings (SSSR count). The molecule has 2 aromatic rings. The number of nitrogens with zero attached hydrogens (tertiary/aromatic N) is 2. The third-order valence-electron chi connectivity index (χ3n) is 3.37. The van der Waals surface area contributed by atoms with Crippen molar-refractivity contribution in [3.63, 3.8) is 0 Å². The summed E-state index contributed by atoms with van der Waals surface area (Å²) in [6, 6.07) is 9.25. The summed E-state index contributed by atoms with van der Waals surface area (Å²) in [6.07, 6.45) is 0. The highest BCUT2D eigenvalue weighted by atomic mass is 16.5. The van der Waals surface area contributed by atoms with Crippen LogP contribution in [-0.2, 0) is 6.54 Å². The van der Waals surface area contributed by atoms with Gasteiger partial charge in [0.25, 0.3) is 5.91 Å². The minimum absolute atomic E-state index is 0.219. The molecule has 1 heterocycles. The summed E-state index contributed by atoms with van der Waals surface area (Å²) < 4.78 is 5.12. The van der Waals surface area contributed by atoms with E-state index < -0.39 is 0 Å². The van der Waals surface area contributed by atoms with Gasteiger partial charge in [-0.3, -0.25) is 4.79 Å². The number of amides is 1. The average Bonchev–Trinajstić information content (AvgIpc) is 2.57. The zero-order valence-corrected chi connectivity index (χ0v) is 14.6. The molecule has 0 atom stereocenters. The molecule has 0 aliphatic carbocycles. The van der Waals surface area contributed by atoms with Gasteiger partial charge in [-0.1, -0.05) is 26.0 Å². The van der Waals surface area contributed by atoms with Gasteiger partial charge in [0, 0.05) is 18.8 Å². The third-order valence-corrected chi connectivity index (χ3v) is 3.37. The van der Waals surface area contributed by atoms with Crippen LogP contribution in [0.3, 0.4) is 0 Å². The molecule has 0 radical (unpaired) electrons. The zero-order chi connectivity index (χ0) is 17.5. The average molecular weight is 328 g/mol. The second-order valence-corrected chi connectivity index (χ2v) is 6.02. The normalized spacial score (nSPS) is 10.5. The number of aryl methyl sites for hydroxylation is 1. The van der Waals surface area contributed by atoms with Gasteiger partial charge in [0.1, 0.15) is 11.4 Å². The van der Waals surface area contributed by atoms with Crippen LogP contribution in [0.1, 0.15) is 35.6 Å². The molecule has 0 aliphatic rings. The van der Waals surface area contributed by atoms with E-state index in [1.54, 1.807) is 13.2 Å². The second-order valence-electron chi connectivity index (χ2n) is 6.02. The molecular formula is C18H24N4O2. The maximum absolute atomic E-state index is 12.3. The lowest BCUT2D eigenvalue weighted by atomic mass is 10.2. The van der Waals surface area contributed by atoms with Crippen LogP contribution in [0.25, 0.3) is 0 Å². The topological polar surface area (TPSA) is 76.1 Å². The monoisotopic (exact) mass is 328 g/mol. The smallest absolute Gasteiger partial charge is 0.270 e. The molecule has 0 saturated heterocycles. The van der Waals surface area contributed by atoms with Crippen molar-refractivity contribution in [3.8, 4) is 5.75 Å². The molecule has 1 amide bonds. The Morgan fingerprint density at radius 2 is 1.92 bits per heavy atom. The molecule has 24 heavy (non-hydrogen) atoms. The van der Waals surface area contributed by atoms with Gasteiger partial charge < -0.3 is 15.4 Å². The Kier molecular flexibility index (Phi) is 6.12. The molecular weight excluding hydrogens is 304 g/mol. The van der Waals surface area contributed by atoms with Crippen molar-refractivity contribution >= 4 is 11.9 Å². The number of hydrogen-bond donors (Lipinski definition) is 2. The third kappa shape index (κ3) is 5.22. The predicted molar refractivity (Wildman–Crippen MR) is 94.3 cm³/mol. The van der Waals surface area contributed by atoms with Crippen molar-refractivity contribution in [2.45, 2.75) is 27.3 Å². The molecule has 128 valence electrons. The van der Waals surface area contributed by atoms with Crippen LogP contribution < -0.4 is 15.4 Å². The van der Waals surface area contributed by atoms with E-state index in [1.807, 2.05) is 31.2 Å². The fourth-order valence-corrected chi connectivity index (χ4v) is 2.08. The Morgan fingerprint density at radius 3 is 2.54 bits per heavy atom. The summed E-state index contributed by atoms with van der Waals surface area (Å²) in [5, 5.41) is 6.02. The predicted octanol–water partition coefficient (Wildman–Crippen LogP) is 2.79. The summed E-state index contributed by atoms with van der Waals surface area (Å²) in [6.45, 7) is 7.25. The van der Waals surface area contributed by atoms with Crippen LogP contribution in [-0.4, -0.2) is 29.5 Å². The van der Waals surface area contributed by atoms with E-state index in [0.29, 0.717) is 24.1 Å². The lowest BCUT2D eigenvalue weighted by Crippen LogP contribution is -2.24. The Labute approximate surface area is 142 Å². The van der Waals surface area contributed by atoms with E-state index in [2.05, 4.69) is 34.4 Å². The first-order valence-electron chi connectivity index (χ1n) is 7.98. The number of methoxy groups -OCH3 is 1. The fourth-order valence-electron chi connectivity index (χ4n) is 2.08. The van der Waals surface area contributed by atoms with E-state index in [4.69, 9.17) is 4.74 Å². The summed E-state index contributed by atoms with van der Waals surface area (Å²) in [4.78, 5) is 20.9. The molecule has 6 nitrogen and oxygen atoms in total. The number of carbonyl (C=O) groups excluding carboxylic acids is 1. The first-order chi connectivity index (χ1) is 11.5. The van der Waals surface area contributed by atoms with Gasteiger partial charge in [-0.2, -0.15) is 0 Å². The Hall–Kier alpha value is -2.63. The van der Waals surface area contributed by atoms with Crippen LogP contribution in [0.2, 0.25) is 0 Å². The molecule has 0 saturated carbocycles. The minimum Gasteiger partial charge on any atom is -0.497 e. The number of aromatic nitrogens is 2. The molecule has 0 aliphatic heterocycles. The lowest BCUT2D eigenvalue weighted by molar-refractivity contribution is 0.0945. The van der Waals surface area contributed by atoms with E-state index in [9.17, 15) is 4.79 Å². The maximum atomic E-state index is 12.3. The highest BCUT2D eigenvalue weighted by molar-refractivity contribution is 5.92. The van der Waals surface area contributed by atoms with Gasteiger partial charge in [0.2, 0.25) is 5.95 Å². The highest BCUT2D eigenvalue weighted by Gasteiger charge is 2.10. The Balaban J connectivity index is 2.00. The van der Waals surface area contributed by atoms with Gasteiger partial charge in [-0.25, -0.2) is 9.97 Å². The molecule has 0 fully saturated rings. The Bertz CT molecular complexity index is 684. The van der Waals surface area contributed by atoms with Gasteiger partial charge >= 0.3 is 0 Å². The number of ether oxygens (including phenoxy) is 1. The zero-order valence-electron chi connectivity index (χ0n) is 14.6. The summed E-state index contributed by atoms with van der Waals surface area (Å²) in [5.74, 6) is 1.53. The van der Waals surface area contributed by atoms with Gasteiger partial charge in [-0.05, 0) is 36.6 Å².